The zero-order chi connectivity index (χ0) is 12.9. The number of halogens is 3. The monoisotopic (exact) mass is 249 g/mol. The Kier molecular flexibility index (Phi) is 4.62. The van der Waals surface area contributed by atoms with Gasteiger partial charge < -0.3 is 15.2 Å². The molecule has 1 aromatic carbocycles. The summed E-state index contributed by atoms with van der Waals surface area (Å²) in [6.07, 6.45) is -4.47. The van der Waals surface area contributed by atoms with Gasteiger partial charge in [0.25, 0.3) is 0 Å². The van der Waals surface area contributed by atoms with E-state index in [0.29, 0.717) is 13.2 Å². The Bertz CT molecular complexity index is 366. The minimum atomic E-state index is -4.47. The fraction of sp³-hybridized carbons (Fsp3) is 0.455. The van der Waals surface area contributed by atoms with E-state index in [1.807, 2.05) is 6.92 Å². The van der Waals surface area contributed by atoms with E-state index in [1.165, 1.54) is 12.1 Å². The van der Waals surface area contributed by atoms with E-state index in [-0.39, 0.29) is 18.0 Å². The zero-order valence-corrected chi connectivity index (χ0v) is 9.38. The molecule has 0 radical (unpaired) electrons. The molecule has 0 unspecified atom stereocenters. The molecule has 1 rings (SSSR count). The van der Waals surface area contributed by atoms with Gasteiger partial charge in [0.15, 0.2) is 0 Å². The molecule has 2 N–H and O–H groups in total. The lowest BCUT2D eigenvalue weighted by Gasteiger charge is -2.12. The average molecular weight is 249 g/mol. The number of nitrogens with two attached hydrogens (primary N) is 1. The van der Waals surface area contributed by atoms with Gasteiger partial charge in [-0.1, -0.05) is 0 Å². The average Bonchev–Trinajstić information content (AvgIpc) is 2.25. The molecule has 1 aromatic rings. The summed E-state index contributed by atoms with van der Waals surface area (Å²) < 4.78 is 47.7. The van der Waals surface area contributed by atoms with Crippen molar-refractivity contribution in [3.8, 4) is 5.75 Å². The van der Waals surface area contributed by atoms with E-state index in [9.17, 15) is 13.2 Å². The summed E-state index contributed by atoms with van der Waals surface area (Å²) in [6, 6.07) is 3.47. The summed E-state index contributed by atoms with van der Waals surface area (Å²) in [6.45, 7) is 2.90. The molecule has 96 valence electrons. The third-order valence-corrected chi connectivity index (χ3v) is 2.03. The first-order valence-corrected chi connectivity index (χ1v) is 5.12. The lowest BCUT2D eigenvalue weighted by molar-refractivity contribution is -0.137. The molecule has 0 aliphatic rings. The van der Waals surface area contributed by atoms with Crippen molar-refractivity contribution in [2.75, 3.05) is 25.6 Å². The van der Waals surface area contributed by atoms with Crippen molar-refractivity contribution < 1.29 is 22.6 Å². The molecule has 0 aliphatic carbocycles. The van der Waals surface area contributed by atoms with Crippen molar-refractivity contribution >= 4 is 5.69 Å². The van der Waals surface area contributed by atoms with Crippen molar-refractivity contribution in [2.45, 2.75) is 13.1 Å². The van der Waals surface area contributed by atoms with Gasteiger partial charge in [0, 0.05) is 12.3 Å². The molecule has 0 saturated carbocycles. The van der Waals surface area contributed by atoms with E-state index in [0.717, 1.165) is 6.07 Å². The van der Waals surface area contributed by atoms with Gasteiger partial charge >= 0.3 is 6.18 Å². The molecule has 3 nitrogen and oxygen atoms in total. The molecule has 0 bridgehead atoms. The Morgan fingerprint density at radius 1 is 1.24 bits per heavy atom. The van der Waals surface area contributed by atoms with Crippen molar-refractivity contribution in [1.82, 2.24) is 0 Å². The minimum absolute atomic E-state index is 0.131. The second kappa shape index (κ2) is 5.77. The van der Waals surface area contributed by atoms with Crippen molar-refractivity contribution in [1.29, 1.82) is 0 Å². The third-order valence-electron chi connectivity index (χ3n) is 2.03. The highest BCUT2D eigenvalue weighted by molar-refractivity contribution is 5.51. The van der Waals surface area contributed by atoms with Crippen LogP contribution in [-0.4, -0.2) is 19.8 Å². The summed E-state index contributed by atoms with van der Waals surface area (Å²) in [5, 5.41) is 0. The highest BCUT2D eigenvalue weighted by atomic mass is 19.4. The molecule has 0 aliphatic heterocycles. The van der Waals surface area contributed by atoms with E-state index < -0.39 is 11.7 Å². The molecule has 17 heavy (non-hydrogen) atoms. The maximum absolute atomic E-state index is 12.5. The fourth-order valence-corrected chi connectivity index (χ4v) is 1.23. The van der Waals surface area contributed by atoms with Crippen LogP contribution in [0.4, 0.5) is 18.9 Å². The predicted molar refractivity (Wildman–Crippen MR) is 57.8 cm³/mol. The molecule has 0 fully saturated rings. The van der Waals surface area contributed by atoms with Crippen LogP contribution in [0.3, 0.4) is 0 Å². The molecule has 0 atom stereocenters. The zero-order valence-electron chi connectivity index (χ0n) is 9.38. The SMILES string of the molecule is CCOCCOc1ccc(N)c(C(F)(F)F)c1. The molecule has 0 amide bonds. The second-order valence-corrected chi connectivity index (χ2v) is 3.29. The Morgan fingerprint density at radius 2 is 1.94 bits per heavy atom. The topological polar surface area (TPSA) is 44.5 Å². The maximum atomic E-state index is 12.5. The highest BCUT2D eigenvalue weighted by Crippen LogP contribution is 2.35. The first-order valence-electron chi connectivity index (χ1n) is 5.12. The first-order chi connectivity index (χ1) is 7.95. The van der Waals surface area contributed by atoms with Gasteiger partial charge in [0.1, 0.15) is 12.4 Å². The number of nitrogen functional groups attached to an aromatic ring is 1. The fourth-order valence-electron chi connectivity index (χ4n) is 1.23. The smallest absolute Gasteiger partial charge is 0.418 e. The van der Waals surface area contributed by atoms with Crippen LogP contribution in [0.2, 0.25) is 0 Å². The summed E-state index contributed by atoms with van der Waals surface area (Å²) >= 11 is 0. The van der Waals surface area contributed by atoms with Gasteiger partial charge in [-0.2, -0.15) is 13.2 Å². The standard InChI is InChI=1S/C11H14F3NO2/c1-2-16-5-6-17-8-3-4-10(15)9(7-8)11(12,13)14/h3-4,7H,2,5-6,15H2,1H3. The van der Waals surface area contributed by atoms with Gasteiger partial charge in [0.05, 0.1) is 12.2 Å². The van der Waals surface area contributed by atoms with Crippen LogP contribution in [0.1, 0.15) is 12.5 Å². The van der Waals surface area contributed by atoms with Crippen molar-refractivity contribution in [3.63, 3.8) is 0 Å². The van der Waals surface area contributed by atoms with Gasteiger partial charge in [0.2, 0.25) is 0 Å². The Morgan fingerprint density at radius 3 is 2.53 bits per heavy atom. The number of hydrogen-bond donors (Lipinski definition) is 1. The number of hydrogen-bond acceptors (Lipinski definition) is 3. The van der Waals surface area contributed by atoms with E-state index in [4.69, 9.17) is 15.2 Å². The van der Waals surface area contributed by atoms with Crippen LogP contribution in [-0.2, 0) is 10.9 Å². The first kappa shape index (κ1) is 13.6. The number of anilines is 1. The minimum Gasteiger partial charge on any atom is -0.491 e. The lowest BCUT2D eigenvalue weighted by Crippen LogP contribution is -2.10. The van der Waals surface area contributed by atoms with E-state index in [1.54, 1.807) is 0 Å². The quantitative estimate of drug-likeness (QED) is 0.644. The Labute approximate surface area is 97.3 Å². The number of ether oxygens (including phenoxy) is 2. The van der Waals surface area contributed by atoms with Crippen LogP contribution in [0.5, 0.6) is 5.75 Å². The maximum Gasteiger partial charge on any atom is 0.418 e. The Balaban J connectivity index is 2.69. The summed E-state index contributed by atoms with van der Waals surface area (Å²) in [5.41, 5.74) is 4.06. The van der Waals surface area contributed by atoms with E-state index in [2.05, 4.69) is 0 Å². The molecule has 0 spiro atoms. The highest BCUT2D eigenvalue weighted by Gasteiger charge is 2.33. The summed E-state index contributed by atoms with van der Waals surface area (Å²) in [4.78, 5) is 0. The molecule has 0 heterocycles. The van der Waals surface area contributed by atoms with Gasteiger partial charge in [-0.25, -0.2) is 0 Å². The van der Waals surface area contributed by atoms with Crippen LogP contribution < -0.4 is 10.5 Å². The second-order valence-electron chi connectivity index (χ2n) is 3.29. The number of alkyl halides is 3. The molecular formula is C11H14F3NO2. The molecule has 0 aromatic heterocycles. The normalized spacial score (nSPS) is 11.5. The van der Waals surface area contributed by atoms with Gasteiger partial charge in [-0.3, -0.25) is 0 Å². The summed E-state index contributed by atoms with van der Waals surface area (Å²) in [5.74, 6) is 0.131. The lowest BCUT2D eigenvalue weighted by atomic mass is 10.1. The number of benzene rings is 1. The Hall–Kier alpha value is -1.43. The largest absolute Gasteiger partial charge is 0.491 e. The van der Waals surface area contributed by atoms with Crippen LogP contribution >= 0.6 is 0 Å². The van der Waals surface area contributed by atoms with Crippen LogP contribution in [0.25, 0.3) is 0 Å². The van der Waals surface area contributed by atoms with Crippen LogP contribution in [0, 0.1) is 0 Å². The van der Waals surface area contributed by atoms with Crippen molar-refractivity contribution in [3.05, 3.63) is 23.8 Å². The van der Waals surface area contributed by atoms with E-state index >= 15 is 0 Å². The van der Waals surface area contributed by atoms with Gasteiger partial charge in [-0.15, -0.1) is 0 Å². The molecule has 6 heteroatoms. The third kappa shape index (κ3) is 4.14. The molecule has 0 saturated heterocycles. The van der Waals surface area contributed by atoms with Crippen molar-refractivity contribution in [2.24, 2.45) is 0 Å². The predicted octanol–water partition coefficient (Wildman–Crippen LogP) is 2.70. The molecular weight excluding hydrogens is 235 g/mol. The number of rotatable bonds is 5. The van der Waals surface area contributed by atoms with Gasteiger partial charge in [-0.05, 0) is 25.1 Å². The van der Waals surface area contributed by atoms with Crippen LogP contribution in [0.15, 0.2) is 18.2 Å². The summed E-state index contributed by atoms with van der Waals surface area (Å²) in [7, 11) is 0.